The molecule has 0 aliphatic rings. The lowest BCUT2D eigenvalue weighted by molar-refractivity contribution is 0.0696. The fraction of sp³-hybridized carbons (Fsp3) is 0.0952. The molecule has 3 aromatic carbocycles. The van der Waals surface area contributed by atoms with Crippen molar-refractivity contribution in [2.75, 3.05) is 23.7 Å². The van der Waals surface area contributed by atoms with Crippen LogP contribution < -0.4 is 18.9 Å². The quantitative estimate of drug-likeness (QED) is 0.413. The number of hydrogen-bond donors (Lipinski definition) is 3. The Morgan fingerprint density at radius 2 is 1.24 bits per heavy atom. The molecule has 0 radical (unpaired) electrons. The summed E-state index contributed by atoms with van der Waals surface area (Å²) in [6, 6.07) is 14.6. The van der Waals surface area contributed by atoms with Gasteiger partial charge in [-0.05, 0) is 54.6 Å². The number of anilines is 2. The lowest BCUT2D eigenvalue weighted by Crippen LogP contribution is -2.16. The summed E-state index contributed by atoms with van der Waals surface area (Å²) in [6.45, 7) is 0. The molecule has 0 saturated heterocycles. The van der Waals surface area contributed by atoms with E-state index in [1.807, 2.05) is 0 Å². The minimum atomic E-state index is -4.18. The summed E-state index contributed by atoms with van der Waals surface area (Å²) in [4.78, 5) is 10.5. The lowest BCUT2D eigenvalue weighted by Gasteiger charge is -2.15. The van der Waals surface area contributed by atoms with Crippen LogP contribution in [0.3, 0.4) is 0 Å². The first-order chi connectivity index (χ1) is 15.6. The van der Waals surface area contributed by atoms with E-state index >= 15 is 0 Å². The number of benzene rings is 3. The molecule has 3 aromatic rings. The van der Waals surface area contributed by atoms with E-state index in [0.717, 1.165) is 30.3 Å². The van der Waals surface area contributed by atoms with E-state index in [0.29, 0.717) is 5.75 Å². The van der Waals surface area contributed by atoms with Gasteiger partial charge in [0.2, 0.25) is 0 Å². The van der Waals surface area contributed by atoms with Crippen LogP contribution in [0.15, 0.2) is 76.5 Å². The summed E-state index contributed by atoms with van der Waals surface area (Å²) in [7, 11) is -5.59. The zero-order valence-corrected chi connectivity index (χ0v) is 19.1. The molecule has 0 atom stereocenters. The number of hydrogen-bond acceptors (Lipinski definition) is 7. The third-order valence-corrected chi connectivity index (χ3v) is 7.23. The standard InChI is InChI=1S/C21H20N2O8S2/c1-30-19-6-4-3-5-17(19)22-33(28,29)16-11-12-20(31-2)18(13-16)23-32(26,27)15-9-7-14(8-10-15)21(24)25/h3-13,22-23H,1-2H3,(H,24,25). The highest BCUT2D eigenvalue weighted by molar-refractivity contribution is 7.93. The molecule has 0 spiro atoms. The Morgan fingerprint density at radius 3 is 1.85 bits per heavy atom. The first-order valence-electron chi connectivity index (χ1n) is 9.27. The maximum atomic E-state index is 12.9. The van der Waals surface area contributed by atoms with Crippen LogP contribution in [-0.2, 0) is 20.0 Å². The first kappa shape index (κ1) is 23.9. The van der Waals surface area contributed by atoms with Crippen LogP contribution in [0.1, 0.15) is 10.4 Å². The van der Waals surface area contributed by atoms with E-state index in [1.54, 1.807) is 18.2 Å². The van der Waals surface area contributed by atoms with Crippen molar-refractivity contribution >= 4 is 37.4 Å². The predicted molar refractivity (Wildman–Crippen MR) is 121 cm³/mol. The van der Waals surface area contributed by atoms with Crippen molar-refractivity contribution in [3.8, 4) is 11.5 Å². The highest BCUT2D eigenvalue weighted by Gasteiger charge is 2.22. The van der Waals surface area contributed by atoms with Gasteiger partial charge in [0.15, 0.2) is 0 Å². The Bertz CT molecular complexity index is 1390. The summed E-state index contributed by atoms with van der Waals surface area (Å²) in [5.74, 6) is -0.814. The van der Waals surface area contributed by atoms with Gasteiger partial charge in [0, 0.05) is 0 Å². The number of methoxy groups -OCH3 is 2. The number of nitrogens with one attached hydrogen (secondary N) is 2. The van der Waals surface area contributed by atoms with Crippen LogP contribution in [0.25, 0.3) is 0 Å². The lowest BCUT2D eigenvalue weighted by atomic mass is 10.2. The van der Waals surface area contributed by atoms with Crippen LogP contribution in [0.4, 0.5) is 11.4 Å². The van der Waals surface area contributed by atoms with Crippen LogP contribution >= 0.6 is 0 Å². The van der Waals surface area contributed by atoms with E-state index < -0.39 is 26.0 Å². The molecule has 0 unspecified atom stereocenters. The number of sulfonamides is 2. The van der Waals surface area contributed by atoms with Crippen LogP contribution in [0.5, 0.6) is 11.5 Å². The minimum absolute atomic E-state index is 0.0805. The average Bonchev–Trinajstić information content (AvgIpc) is 2.79. The van der Waals surface area contributed by atoms with Crippen molar-refractivity contribution in [2.24, 2.45) is 0 Å². The molecule has 0 aliphatic heterocycles. The van der Waals surface area contributed by atoms with E-state index in [4.69, 9.17) is 14.6 Å². The van der Waals surface area contributed by atoms with Crippen LogP contribution in [-0.4, -0.2) is 42.1 Å². The molecule has 0 fully saturated rings. The number of aromatic carboxylic acids is 1. The number of carboxylic acid groups (broad SMARTS) is 1. The SMILES string of the molecule is COc1ccccc1NS(=O)(=O)c1ccc(OC)c(NS(=O)(=O)c2ccc(C(=O)O)cc2)c1. The summed E-state index contributed by atoms with van der Waals surface area (Å²) in [6.07, 6.45) is 0. The van der Waals surface area contributed by atoms with Gasteiger partial charge in [0.05, 0.1) is 40.9 Å². The fourth-order valence-corrected chi connectivity index (χ4v) is 5.00. The largest absolute Gasteiger partial charge is 0.495 e. The number of carbonyl (C=O) groups is 1. The van der Waals surface area contributed by atoms with Gasteiger partial charge in [-0.25, -0.2) is 21.6 Å². The smallest absolute Gasteiger partial charge is 0.335 e. The van der Waals surface area contributed by atoms with Gasteiger partial charge in [-0.1, -0.05) is 12.1 Å². The van der Waals surface area contributed by atoms with Gasteiger partial charge < -0.3 is 14.6 Å². The molecular weight excluding hydrogens is 472 g/mol. The van der Waals surface area contributed by atoms with E-state index in [-0.39, 0.29) is 32.5 Å². The van der Waals surface area contributed by atoms with Crippen molar-refractivity contribution in [1.29, 1.82) is 0 Å². The molecule has 0 bridgehead atoms. The second-order valence-corrected chi connectivity index (χ2v) is 9.97. The van der Waals surface area contributed by atoms with Gasteiger partial charge in [-0.15, -0.1) is 0 Å². The molecule has 0 aromatic heterocycles. The maximum absolute atomic E-state index is 12.9. The van der Waals surface area contributed by atoms with Crippen molar-refractivity contribution in [3.05, 3.63) is 72.3 Å². The molecule has 0 saturated carbocycles. The van der Waals surface area contributed by atoms with E-state index in [2.05, 4.69) is 9.44 Å². The average molecular weight is 493 g/mol. The van der Waals surface area contributed by atoms with Crippen molar-refractivity contribution in [1.82, 2.24) is 0 Å². The number of ether oxygens (including phenoxy) is 2. The zero-order valence-electron chi connectivity index (χ0n) is 17.5. The molecule has 3 rings (SSSR count). The summed E-state index contributed by atoms with van der Waals surface area (Å²) in [5, 5.41) is 8.98. The van der Waals surface area contributed by atoms with Gasteiger partial charge in [0.25, 0.3) is 20.0 Å². The van der Waals surface area contributed by atoms with Crippen molar-refractivity contribution in [3.63, 3.8) is 0 Å². The second-order valence-electron chi connectivity index (χ2n) is 6.60. The normalized spacial score (nSPS) is 11.5. The van der Waals surface area contributed by atoms with Crippen LogP contribution in [0, 0.1) is 0 Å². The zero-order chi connectivity index (χ0) is 24.2. The maximum Gasteiger partial charge on any atom is 0.335 e. The fourth-order valence-electron chi connectivity index (χ4n) is 2.85. The highest BCUT2D eigenvalue weighted by atomic mass is 32.2. The molecule has 174 valence electrons. The van der Waals surface area contributed by atoms with Crippen molar-refractivity contribution in [2.45, 2.75) is 9.79 Å². The second kappa shape index (κ2) is 9.38. The first-order valence-corrected chi connectivity index (χ1v) is 12.2. The minimum Gasteiger partial charge on any atom is -0.495 e. The van der Waals surface area contributed by atoms with Gasteiger partial charge in [-0.3, -0.25) is 9.44 Å². The van der Waals surface area contributed by atoms with Gasteiger partial charge >= 0.3 is 5.97 Å². The summed E-state index contributed by atoms with van der Waals surface area (Å²) < 4.78 is 66.4. The topological polar surface area (TPSA) is 148 Å². The van der Waals surface area contributed by atoms with Gasteiger partial charge in [-0.2, -0.15) is 0 Å². The third-order valence-electron chi connectivity index (χ3n) is 4.49. The van der Waals surface area contributed by atoms with Crippen LogP contribution in [0.2, 0.25) is 0 Å². The Morgan fingerprint density at radius 1 is 0.727 bits per heavy atom. The summed E-state index contributed by atoms with van der Waals surface area (Å²) >= 11 is 0. The number of carboxylic acids is 1. The highest BCUT2D eigenvalue weighted by Crippen LogP contribution is 2.32. The molecule has 10 nitrogen and oxygen atoms in total. The molecule has 3 N–H and O–H groups in total. The molecule has 33 heavy (non-hydrogen) atoms. The molecule has 0 amide bonds. The van der Waals surface area contributed by atoms with Gasteiger partial charge in [0.1, 0.15) is 11.5 Å². The van der Waals surface area contributed by atoms with E-state index in [9.17, 15) is 21.6 Å². The number of para-hydroxylation sites is 2. The van der Waals surface area contributed by atoms with E-state index in [1.165, 1.54) is 32.4 Å². The number of rotatable bonds is 9. The molecule has 12 heteroatoms. The monoisotopic (exact) mass is 492 g/mol. The Labute approximate surface area is 190 Å². The molecule has 0 aliphatic carbocycles. The third kappa shape index (κ3) is 5.35. The Balaban J connectivity index is 1.95. The van der Waals surface area contributed by atoms with Crippen molar-refractivity contribution < 1.29 is 36.2 Å². The molecule has 0 heterocycles. The summed E-state index contributed by atoms with van der Waals surface area (Å²) in [5.41, 5.74) is 0.00113. The predicted octanol–water partition coefficient (Wildman–Crippen LogP) is 3.00. The Kier molecular flexibility index (Phi) is 6.79. The molecular formula is C21H20N2O8S2. The Hall–Kier alpha value is -3.77.